The molecule has 0 aliphatic carbocycles. The Morgan fingerprint density at radius 3 is 2.90 bits per heavy atom. The number of aliphatic hydroxyl groups is 1. The van der Waals surface area contributed by atoms with Crippen LogP contribution in [0.5, 0.6) is 5.75 Å². The lowest BCUT2D eigenvalue weighted by Gasteiger charge is -2.42. The minimum atomic E-state index is -0.589. The Balaban J connectivity index is 2.12. The molecular weight excluding hydrogens is 270 g/mol. The van der Waals surface area contributed by atoms with Gasteiger partial charge in [0.05, 0.1) is 6.04 Å². The average molecular weight is 291 g/mol. The third kappa shape index (κ3) is 2.12. The fourth-order valence-electron chi connectivity index (χ4n) is 2.81. The predicted molar refractivity (Wildman–Crippen MR) is 83.6 cm³/mol. The van der Waals surface area contributed by atoms with Crippen LogP contribution < -0.4 is 10.1 Å². The normalized spacial score (nSPS) is 24.4. The van der Waals surface area contributed by atoms with Crippen LogP contribution in [-0.2, 0) is 0 Å². The van der Waals surface area contributed by atoms with Gasteiger partial charge in [0.25, 0.3) is 0 Å². The van der Waals surface area contributed by atoms with Crippen molar-refractivity contribution in [3.05, 3.63) is 29.1 Å². The number of rotatable bonds is 3. The van der Waals surface area contributed by atoms with Crippen LogP contribution in [0.4, 0.5) is 0 Å². The van der Waals surface area contributed by atoms with Gasteiger partial charge < -0.3 is 15.2 Å². The van der Waals surface area contributed by atoms with Gasteiger partial charge >= 0.3 is 0 Å². The Kier molecular flexibility index (Phi) is 3.48. The van der Waals surface area contributed by atoms with Crippen LogP contribution in [0.15, 0.2) is 23.6 Å². The van der Waals surface area contributed by atoms with Crippen molar-refractivity contribution in [2.75, 3.05) is 6.54 Å². The van der Waals surface area contributed by atoms with E-state index in [1.165, 1.54) is 4.70 Å². The summed E-state index contributed by atoms with van der Waals surface area (Å²) < 4.78 is 7.36. The van der Waals surface area contributed by atoms with Gasteiger partial charge in [0.1, 0.15) is 17.5 Å². The first kappa shape index (κ1) is 13.9. The zero-order valence-electron chi connectivity index (χ0n) is 12.1. The Hall–Kier alpha value is -1.10. The molecule has 0 saturated carbocycles. The van der Waals surface area contributed by atoms with Crippen LogP contribution in [0.25, 0.3) is 10.1 Å². The number of hydrogen-bond donors (Lipinski definition) is 2. The van der Waals surface area contributed by atoms with Gasteiger partial charge in [-0.15, -0.1) is 11.3 Å². The fourth-order valence-corrected chi connectivity index (χ4v) is 3.59. The van der Waals surface area contributed by atoms with Crippen molar-refractivity contribution in [3.8, 4) is 5.75 Å². The maximum Gasteiger partial charge on any atom is 0.133 e. The summed E-state index contributed by atoms with van der Waals surface area (Å²) in [5, 5.41) is 17.3. The maximum atomic E-state index is 10.6. The van der Waals surface area contributed by atoms with Crippen LogP contribution in [0.1, 0.15) is 38.8 Å². The van der Waals surface area contributed by atoms with Gasteiger partial charge in [-0.05, 0) is 44.3 Å². The number of benzene rings is 1. The largest absolute Gasteiger partial charge is 0.484 e. The molecule has 2 atom stereocenters. The Morgan fingerprint density at radius 2 is 2.15 bits per heavy atom. The molecule has 3 nitrogen and oxygen atoms in total. The number of thiophene rings is 1. The van der Waals surface area contributed by atoms with Gasteiger partial charge in [0.2, 0.25) is 0 Å². The molecule has 0 saturated heterocycles. The van der Waals surface area contributed by atoms with Gasteiger partial charge in [0, 0.05) is 15.6 Å². The van der Waals surface area contributed by atoms with E-state index in [2.05, 4.69) is 35.8 Å². The third-order valence-corrected chi connectivity index (χ3v) is 4.84. The van der Waals surface area contributed by atoms with Gasteiger partial charge in [-0.1, -0.05) is 13.0 Å². The number of hydrogen-bond acceptors (Lipinski definition) is 4. The Labute approximate surface area is 123 Å². The van der Waals surface area contributed by atoms with Gasteiger partial charge in [-0.2, -0.15) is 0 Å². The summed E-state index contributed by atoms with van der Waals surface area (Å²) in [7, 11) is 0. The van der Waals surface area contributed by atoms with Gasteiger partial charge in [0.15, 0.2) is 0 Å². The molecule has 2 N–H and O–H groups in total. The molecule has 0 spiro atoms. The average Bonchev–Trinajstić information content (AvgIpc) is 2.88. The first-order valence-corrected chi connectivity index (χ1v) is 8.03. The van der Waals surface area contributed by atoms with Crippen LogP contribution in [0.2, 0.25) is 0 Å². The highest BCUT2D eigenvalue weighted by atomic mass is 32.1. The zero-order valence-corrected chi connectivity index (χ0v) is 13.0. The second-order valence-corrected chi connectivity index (χ2v) is 6.85. The van der Waals surface area contributed by atoms with Gasteiger partial charge in [-0.25, -0.2) is 0 Å². The number of fused-ring (bicyclic) bond motifs is 3. The number of aliphatic hydroxyl groups excluding tert-OH is 1. The molecule has 0 radical (unpaired) electrons. The number of ether oxygens (including phenoxy) is 1. The minimum Gasteiger partial charge on any atom is -0.484 e. The number of nitrogens with one attached hydrogen (secondary N) is 1. The van der Waals surface area contributed by atoms with Crippen LogP contribution in [0, 0.1) is 0 Å². The topological polar surface area (TPSA) is 41.5 Å². The molecule has 1 aliphatic rings. The monoisotopic (exact) mass is 291 g/mol. The standard InChI is InChI=1S/C16H21NO2S/c1-4-8-17-13-11-5-6-12-10(7-9-20-12)14(11)19-16(2,3)15(13)18/h5-7,9,13,15,17-18H,4,8H2,1-3H3. The lowest BCUT2D eigenvalue weighted by atomic mass is 9.86. The van der Waals surface area contributed by atoms with E-state index in [-0.39, 0.29) is 6.04 Å². The van der Waals surface area contributed by atoms with Crippen molar-refractivity contribution >= 4 is 21.4 Å². The molecule has 0 amide bonds. The molecule has 2 unspecified atom stereocenters. The van der Waals surface area contributed by atoms with E-state index in [0.717, 1.165) is 29.7 Å². The molecule has 1 aromatic carbocycles. The SMILES string of the molecule is CCCNC1c2ccc3sccc3c2OC(C)(C)C1O. The third-order valence-electron chi connectivity index (χ3n) is 3.96. The molecule has 1 aromatic heterocycles. The van der Waals surface area contributed by atoms with Crippen LogP contribution >= 0.6 is 11.3 Å². The first-order chi connectivity index (χ1) is 9.54. The first-order valence-electron chi connectivity index (χ1n) is 7.15. The van der Waals surface area contributed by atoms with Crippen molar-refractivity contribution < 1.29 is 9.84 Å². The highest BCUT2D eigenvalue weighted by Gasteiger charge is 2.43. The van der Waals surface area contributed by atoms with E-state index in [9.17, 15) is 5.11 Å². The molecule has 2 heterocycles. The maximum absolute atomic E-state index is 10.6. The second-order valence-electron chi connectivity index (χ2n) is 5.90. The predicted octanol–water partition coefficient (Wildman–Crippen LogP) is 3.47. The molecule has 108 valence electrons. The van der Waals surface area contributed by atoms with E-state index in [1.807, 2.05) is 13.8 Å². The smallest absolute Gasteiger partial charge is 0.133 e. The van der Waals surface area contributed by atoms with Crippen molar-refractivity contribution in [3.63, 3.8) is 0 Å². The summed E-state index contributed by atoms with van der Waals surface area (Å²) in [6.45, 7) is 6.92. The van der Waals surface area contributed by atoms with Gasteiger partial charge in [-0.3, -0.25) is 0 Å². The van der Waals surface area contributed by atoms with Crippen molar-refractivity contribution in [2.24, 2.45) is 0 Å². The second kappa shape index (κ2) is 5.02. The van der Waals surface area contributed by atoms with E-state index in [1.54, 1.807) is 11.3 Å². The van der Waals surface area contributed by atoms with Crippen LogP contribution in [-0.4, -0.2) is 23.4 Å². The zero-order chi connectivity index (χ0) is 14.3. The lowest BCUT2D eigenvalue weighted by molar-refractivity contribution is -0.0633. The molecule has 0 fully saturated rings. The van der Waals surface area contributed by atoms with Crippen molar-refractivity contribution in [2.45, 2.75) is 44.9 Å². The summed E-state index contributed by atoms with van der Waals surface area (Å²) in [5.74, 6) is 0.924. The molecule has 1 aliphatic heterocycles. The quantitative estimate of drug-likeness (QED) is 0.910. The summed E-state index contributed by atoms with van der Waals surface area (Å²) in [4.78, 5) is 0. The molecule has 20 heavy (non-hydrogen) atoms. The van der Waals surface area contributed by atoms with Crippen molar-refractivity contribution in [1.82, 2.24) is 5.32 Å². The van der Waals surface area contributed by atoms with E-state index in [4.69, 9.17) is 4.74 Å². The Morgan fingerprint density at radius 1 is 1.35 bits per heavy atom. The summed E-state index contributed by atoms with van der Waals surface area (Å²) in [6.07, 6.45) is 0.484. The Bertz CT molecular complexity index is 620. The molecule has 4 heteroatoms. The summed E-state index contributed by atoms with van der Waals surface area (Å²) in [6, 6.07) is 6.23. The van der Waals surface area contributed by atoms with Crippen molar-refractivity contribution in [1.29, 1.82) is 0 Å². The summed E-state index contributed by atoms with van der Waals surface area (Å²) >= 11 is 1.72. The molecule has 2 aromatic rings. The van der Waals surface area contributed by atoms with E-state index >= 15 is 0 Å². The molecule has 3 rings (SSSR count). The molecular formula is C16H21NO2S. The molecule has 0 bridgehead atoms. The van der Waals surface area contributed by atoms with Crippen LogP contribution in [0.3, 0.4) is 0 Å². The lowest BCUT2D eigenvalue weighted by Crippen LogP contribution is -2.52. The highest BCUT2D eigenvalue weighted by Crippen LogP contribution is 2.44. The van der Waals surface area contributed by atoms with E-state index < -0.39 is 11.7 Å². The summed E-state index contributed by atoms with van der Waals surface area (Å²) in [5.41, 5.74) is 0.477. The van der Waals surface area contributed by atoms with E-state index in [0.29, 0.717) is 0 Å². The highest BCUT2D eigenvalue weighted by molar-refractivity contribution is 7.17. The fraction of sp³-hybridized carbons (Fsp3) is 0.500. The minimum absolute atomic E-state index is 0.0713.